The number of benzene rings is 1. The first kappa shape index (κ1) is 13.4. The highest BCUT2D eigenvalue weighted by atomic mass is 16.5. The smallest absolute Gasteiger partial charge is 0.165 e. The molecular weight excluding hydrogens is 266 g/mol. The number of hydrogen-bond acceptors (Lipinski definition) is 4. The zero-order valence-corrected chi connectivity index (χ0v) is 12.7. The maximum absolute atomic E-state index is 10.2. The molecule has 4 nitrogen and oxygen atoms in total. The minimum atomic E-state index is -0.243. The summed E-state index contributed by atoms with van der Waals surface area (Å²) >= 11 is 0. The minimum absolute atomic E-state index is 0.107. The number of rotatable bonds is 1. The second kappa shape index (κ2) is 4.89. The van der Waals surface area contributed by atoms with Crippen molar-refractivity contribution < 1.29 is 14.6 Å². The first-order chi connectivity index (χ1) is 10.2. The SMILES string of the molecule is COc1ccc2c3c1OC1CC(O)CC(CN(C)CC2)C31. The van der Waals surface area contributed by atoms with E-state index < -0.39 is 0 Å². The molecule has 0 spiro atoms. The molecule has 114 valence electrons. The molecule has 2 aliphatic heterocycles. The van der Waals surface area contributed by atoms with Gasteiger partial charge in [0, 0.05) is 31.0 Å². The monoisotopic (exact) mass is 289 g/mol. The van der Waals surface area contributed by atoms with Gasteiger partial charge in [-0.25, -0.2) is 0 Å². The van der Waals surface area contributed by atoms with E-state index in [2.05, 4.69) is 18.0 Å². The normalized spacial score (nSPS) is 34.6. The van der Waals surface area contributed by atoms with E-state index in [0.29, 0.717) is 11.8 Å². The molecule has 1 aromatic carbocycles. The van der Waals surface area contributed by atoms with E-state index in [1.807, 2.05) is 6.07 Å². The van der Waals surface area contributed by atoms with E-state index >= 15 is 0 Å². The van der Waals surface area contributed by atoms with Gasteiger partial charge in [-0.1, -0.05) is 6.07 Å². The fourth-order valence-electron chi connectivity index (χ4n) is 4.48. The van der Waals surface area contributed by atoms with Crippen molar-refractivity contribution in [3.05, 3.63) is 23.3 Å². The Kier molecular flexibility index (Phi) is 3.12. The standard InChI is InChI=1S/C17H23NO3/c1-18-6-5-10-3-4-13(20-2)17-16(10)15-11(9-18)7-12(19)8-14(15)21-17/h3-4,11-12,14-15,19H,5-9H2,1-2H3. The van der Waals surface area contributed by atoms with Crippen molar-refractivity contribution in [1.82, 2.24) is 4.90 Å². The zero-order chi connectivity index (χ0) is 14.6. The quantitative estimate of drug-likeness (QED) is 0.856. The first-order valence-corrected chi connectivity index (χ1v) is 7.90. The molecule has 3 aliphatic rings. The number of aliphatic hydroxyl groups excluding tert-OH is 1. The number of methoxy groups -OCH3 is 1. The van der Waals surface area contributed by atoms with Crippen molar-refractivity contribution in [1.29, 1.82) is 0 Å². The fraction of sp³-hybridized carbons (Fsp3) is 0.647. The maximum atomic E-state index is 10.2. The van der Waals surface area contributed by atoms with Crippen LogP contribution in [0.4, 0.5) is 0 Å². The Hall–Kier alpha value is -1.26. The molecule has 1 fully saturated rings. The Labute approximate surface area is 125 Å². The van der Waals surface area contributed by atoms with Crippen LogP contribution in [0.15, 0.2) is 12.1 Å². The van der Waals surface area contributed by atoms with Crippen LogP contribution in [0.1, 0.15) is 29.9 Å². The molecule has 4 atom stereocenters. The number of hydrogen-bond donors (Lipinski definition) is 1. The highest BCUT2D eigenvalue weighted by Crippen LogP contribution is 2.53. The Morgan fingerprint density at radius 1 is 1.33 bits per heavy atom. The molecule has 1 saturated carbocycles. The third-order valence-electron chi connectivity index (χ3n) is 5.37. The van der Waals surface area contributed by atoms with Crippen LogP contribution in [0, 0.1) is 5.92 Å². The summed E-state index contributed by atoms with van der Waals surface area (Å²) in [7, 11) is 3.88. The van der Waals surface area contributed by atoms with Gasteiger partial charge in [-0.15, -0.1) is 0 Å². The molecule has 1 aromatic rings. The molecule has 1 N–H and O–H groups in total. The van der Waals surface area contributed by atoms with E-state index in [-0.39, 0.29) is 12.2 Å². The van der Waals surface area contributed by atoms with Gasteiger partial charge in [-0.3, -0.25) is 0 Å². The van der Waals surface area contributed by atoms with E-state index in [1.165, 1.54) is 11.1 Å². The second-order valence-electron chi connectivity index (χ2n) is 6.75. The van der Waals surface area contributed by atoms with Crippen molar-refractivity contribution >= 4 is 0 Å². The Morgan fingerprint density at radius 3 is 3.00 bits per heavy atom. The van der Waals surface area contributed by atoms with E-state index in [4.69, 9.17) is 9.47 Å². The van der Waals surface area contributed by atoms with Crippen LogP contribution in [-0.2, 0) is 6.42 Å². The number of ether oxygens (including phenoxy) is 2. The lowest BCUT2D eigenvalue weighted by Gasteiger charge is -2.39. The lowest BCUT2D eigenvalue weighted by Crippen LogP contribution is -2.43. The van der Waals surface area contributed by atoms with Crippen molar-refractivity contribution in [2.24, 2.45) is 5.92 Å². The van der Waals surface area contributed by atoms with Gasteiger partial charge in [-0.05, 0) is 37.4 Å². The molecule has 0 radical (unpaired) electrons. The van der Waals surface area contributed by atoms with Crippen molar-refractivity contribution in [2.45, 2.75) is 37.4 Å². The topological polar surface area (TPSA) is 41.9 Å². The lowest BCUT2D eigenvalue weighted by molar-refractivity contribution is 0.0152. The van der Waals surface area contributed by atoms with Gasteiger partial charge in [0.05, 0.1) is 13.2 Å². The van der Waals surface area contributed by atoms with Gasteiger partial charge in [0.1, 0.15) is 6.10 Å². The van der Waals surface area contributed by atoms with Crippen LogP contribution in [0.2, 0.25) is 0 Å². The molecule has 4 heteroatoms. The van der Waals surface area contributed by atoms with Crippen molar-refractivity contribution in [3.8, 4) is 11.5 Å². The predicted octanol–water partition coefficient (Wildman–Crippen LogP) is 1.80. The van der Waals surface area contributed by atoms with Gasteiger partial charge >= 0.3 is 0 Å². The van der Waals surface area contributed by atoms with Gasteiger partial charge in [0.2, 0.25) is 0 Å². The highest BCUT2D eigenvalue weighted by Gasteiger charge is 2.47. The summed E-state index contributed by atoms with van der Waals surface area (Å²) in [4.78, 5) is 2.39. The van der Waals surface area contributed by atoms with Crippen molar-refractivity contribution in [2.75, 3.05) is 27.2 Å². The number of nitrogens with zero attached hydrogens (tertiary/aromatic N) is 1. The first-order valence-electron chi connectivity index (χ1n) is 7.90. The molecule has 21 heavy (non-hydrogen) atoms. The molecule has 4 unspecified atom stereocenters. The van der Waals surface area contributed by atoms with Crippen LogP contribution in [0.3, 0.4) is 0 Å². The summed E-state index contributed by atoms with van der Waals surface area (Å²) in [5.74, 6) is 2.66. The average molecular weight is 289 g/mol. The average Bonchev–Trinajstić information content (AvgIpc) is 2.82. The minimum Gasteiger partial charge on any atom is -0.493 e. The summed E-state index contributed by atoms with van der Waals surface area (Å²) in [6, 6.07) is 4.23. The lowest BCUT2D eigenvalue weighted by atomic mass is 9.71. The molecule has 0 aromatic heterocycles. The maximum Gasteiger partial charge on any atom is 0.165 e. The zero-order valence-electron chi connectivity index (χ0n) is 12.7. The van der Waals surface area contributed by atoms with E-state index in [9.17, 15) is 5.11 Å². The Morgan fingerprint density at radius 2 is 2.19 bits per heavy atom. The van der Waals surface area contributed by atoms with Crippen LogP contribution in [0.25, 0.3) is 0 Å². The van der Waals surface area contributed by atoms with Crippen LogP contribution in [-0.4, -0.2) is 49.5 Å². The number of aliphatic hydroxyl groups is 1. The molecule has 0 amide bonds. The molecule has 2 heterocycles. The molecule has 4 rings (SSSR count). The van der Waals surface area contributed by atoms with E-state index in [1.54, 1.807) is 7.11 Å². The largest absolute Gasteiger partial charge is 0.493 e. The molecular formula is C17H23NO3. The third kappa shape index (κ3) is 2.04. The Bertz CT molecular complexity index is 559. The summed E-state index contributed by atoms with van der Waals surface area (Å²) in [6.45, 7) is 2.10. The van der Waals surface area contributed by atoms with Gasteiger partial charge in [0.25, 0.3) is 0 Å². The van der Waals surface area contributed by atoms with E-state index in [0.717, 1.165) is 43.9 Å². The highest BCUT2D eigenvalue weighted by molar-refractivity contribution is 5.56. The van der Waals surface area contributed by atoms with Gasteiger partial charge in [-0.2, -0.15) is 0 Å². The van der Waals surface area contributed by atoms with Crippen LogP contribution in [0.5, 0.6) is 11.5 Å². The molecule has 1 aliphatic carbocycles. The Balaban J connectivity index is 1.85. The van der Waals surface area contributed by atoms with Gasteiger partial charge in [0.15, 0.2) is 11.5 Å². The fourth-order valence-corrected chi connectivity index (χ4v) is 4.48. The number of likely N-dealkylation sites (N-methyl/N-ethyl adjacent to an activating group) is 1. The van der Waals surface area contributed by atoms with Gasteiger partial charge < -0.3 is 19.5 Å². The summed E-state index contributed by atoms with van der Waals surface area (Å²) in [5.41, 5.74) is 2.76. The summed E-state index contributed by atoms with van der Waals surface area (Å²) in [5, 5.41) is 10.2. The molecule has 0 saturated heterocycles. The molecule has 0 bridgehead atoms. The summed E-state index contributed by atoms with van der Waals surface area (Å²) in [6.07, 6.45) is 2.54. The van der Waals surface area contributed by atoms with Crippen LogP contribution >= 0.6 is 0 Å². The predicted molar refractivity (Wildman–Crippen MR) is 80.1 cm³/mol. The van der Waals surface area contributed by atoms with Crippen LogP contribution < -0.4 is 9.47 Å². The second-order valence-corrected chi connectivity index (χ2v) is 6.75. The van der Waals surface area contributed by atoms with Crippen molar-refractivity contribution in [3.63, 3.8) is 0 Å². The third-order valence-corrected chi connectivity index (χ3v) is 5.37. The summed E-state index contributed by atoms with van der Waals surface area (Å²) < 4.78 is 11.7.